The summed E-state index contributed by atoms with van der Waals surface area (Å²) in [6.07, 6.45) is 7.60. The topological polar surface area (TPSA) is 76.3 Å². The highest BCUT2D eigenvalue weighted by molar-refractivity contribution is 9.12. The molecule has 1 aliphatic rings. The highest BCUT2D eigenvalue weighted by atomic mass is 79.9. The van der Waals surface area contributed by atoms with Crippen molar-refractivity contribution in [3.8, 4) is 5.69 Å². The molecule has 1 N–H and O–H groups in total. The van der Waals surface area contributed by atoms with Crippen LogP contribution in [0.5, 0.6) is 0 Å². The highest BCUT2D eigenvalue weighted by Crippen LogP contribution is 2.35. The van der Waals surface area contributed by atoms with Crippen LogP contribution in [0.4, 0.5) is 0 Å². The van der Waals surface area contributed by atoms with E-state index < -0.39 is 0 Å². The molecule has 0 aliphatic heterocycles. The number of aryl methyl sites for hydroxylation is 3. The molecule has 0 saturated heterocycles. The van der Waals surface area contributed by atoms with Crippen LogP contribution in [0.2, 0.25) is 0 Å². The van der Waals surface area contributed by atoms with Crippen LogP contribution in [0.25, 0.3) is 22.0 Å². The van der Waals surface area contributed by atoms with Crippen LogP contribution in [0, 0.1) is 6.92 Å². The van der Waals surface area contributed by atoms with E-state index in [1.807, 2.05) is 67.6 Å². The maximum atomic E-state index is 13.8. The number of halogens is 1. The minimum atomic E-state index is -0.281. The number of carbonyl (C=O) groups excluding carboxylic acids is 1. The van der Waals surface area contributed by atoms with E-state index in [9.17, 15) is 9.59 Å². The van der Waals surface area contributed by atoms with Crippen molar-refractivity contribution in [2.45, 2.75) is 37.8 Å². The summed E-state index contributed by atoms with van der Waals surface area (Å²) in [6, 6.07) is 17.6. The quantitative estimate of drug-likeness (QED) is 0.119. The van der Waals surface area contributed by atoms with Gasteiger partial charge in [0.15, 0.2) is 5.16 Å². The van der Waals surface area contributed by atoms with Crippen molar-refractivity contribution in [3.05, 3.63) is 91.0 Å². The van der Waals surface area contributed by atoms with Crippen LogP contribution in [-0.4, -0.2) is 27.4 Å². The van der Waals surface area contributed by atoms with Crippen LogP contribution >= 0.6 is 39.0 Å². The van der Waals surface area contributed by atoms with Crippen LogP contribution in [0.3, 0.4) is 0 Å². The number of allylic oxidation sites excluding steroid dienone is 1. The number of thiophene rings is 1. The Morgan fingerprint density at radius 2 is 1.92 bits per heavy atom. The predicted octanol–water partition coefficient (Wildman–Crippen LogP) is 6.26. The first-order chi connectivity index (χ1) is 18.0. The van der Waals surface area contributed by atoms with Gasteiger partial charge in [0.05, 0.1) is 23.0 Å². The lowest BCUT2D eigenvalue weighted by atomic mass is 9.97. The van der Waals surface area contributed by atoms with Crippen molar-refractivity contribution >= 4 is 67.4 Å². The van der Waals surface area contributed by atoms with Crippen molar-refractivity contribution in [1.82, 2.24) is 15.0 Å². The Labute approximate surface area is 231 Å². The molecule has 2 aromatic carbocycles. The van der Waals surface area contributed by atoms with Crippen molar-refractivity contribution in [2.75, 3.05) is 5.75 Å². The first kappa shape index (κ1) is 25.6. The molecule has 0 fully saturated rings. The number of carbonyl (C=O) groups is 1. The second kappa shape index (κ2) is 11.6. The van der Waals surface area contributed by atoms with Gasteiger partial charge in [0, 0.05) is 9.36 Å². The summed E-state index contributed by atoms with van der Waals surface area (Å²) in [4.78, 5) is 33.3. The van der Waals surface area contributed by atoms with Gasteiger partial charge in [0.25, 0.3) is 11.5 Å². The van der Waals surface area contributed by atoms with Gasteiger partial charge in [0.1, 0.15) is 4.83 Å². The molecular weight excluding hydrogens is 568 g/mol. The molecule has 5 rings (SSSR count). The van der Waals surface area contributed by atoms with E-state index in [1.54, 1.807) is 15.9 Å². The molecule has 0 unspecified atom stereocenters. The predicted molar refractivity (Wildman–Crippen MR) is 157 cm³/mol. The van der Waals surface area contributed by atoms with Crippen LogP contribution in [0.15, 0.2) is 74.1 Å². The number of hydrogen-bond donors (Lipinski definition) is 1. The van der Waals surface area contributed by atoms with Gasteiger partial charge in [-0.2, -0.15) is 5.10 Å². The second-order valence-corrected chi connectivity index (χ2v) is 11.7. The Morgan fingerprint density at radius 3 is 2.70 bits per heavy atom. The van der Waals surface area contributed by atoms with E-state index in [1.165, 1.54) is 22.9 Å². The number of hydrogen-bond acceptors (Lipinski definition) is 6. The van der Waals surface area contributed by atoms with E-state index in [4.69, 9.17) is 4.98 Å². The summed E-state index contributed by atoms with van der Waals surface area (Å²) >= 11 is 6.29. The fourth-order valence-corrected chi connectivity index (χ4v) is 6.75. The molecule has 0 atom stereocenters. The molecule has 4 aromatic rings. The number of amides is 1. The van der Waals surface area contributed by atoms with E-state index in [-0.39, 0.29) is 17.2 Å². The smallest absolute Gasteiger partial charge is 0.267 e. The molecule has 9 heteroatoms. The Balaban J connectivity index is 1.38. The third kappa shape index (κ3) is 5.95. The number of rotatable bonds is 7. The number of benzene rings is 2. The number of nitrogens with one attached hydrogen (secondary N) is 1. The number of aromatic nitrogens is 2. The SMILES string of the molecule is Cc1ccc(-n2c(SCC(=O)N/N=C/C(Br)=C/c3ccccc3)nc3sc4c(c3c2=O)CCCC4)cc1. The van der Waals surface area contributed by atoms with Crippen molar-refractivity contribution in [2.24, 2.45) is 5.10 Å². The Kier molecular flexibility index (Phi) is 8.02. The molecule has 0 bridgehead atoms. The molecular formula is C28H25BrN4O2S2. The number of hydrazone groups is 1. The summed E-state index contributed by atoms with van der Waals surface area (Å²) < 4.78 is 2.37. The van der Waals surface area contributed by atoms with Gasteiger partial charge in [0.2, 0.25) is 0 Å². The van der Waals surface area contributed by atoms with Gasteiger partial charge in [-0.15, -0.1) is 11.3 Å². The van der Waals surface area contributed by atoms with Crippen LogP contribution in [-0.2, 0) is 17.6 Å². The molecule has 2 aromatic heterocycles. The maximum Gasteiger partial charge on any atom is 0.267 e. The van der Waals surface area contributed by atoms with E-state index in [0.29, 0.717) is 5.16 Å². The second-order valence-electron chi connectivity index (χ2n) is 8.78. The Hall–Kier alpha value is -3.01. The highest BCUT2D eigenvalue weighted by Gasteiger charge is 2.23. The third-order valence-corrected chi connectivity index (χ3v) is 8.62. The lowest BCUT2D eigenvalue weighted by Crippen LogP contribution is -2.24. The molecule has 0 saturated carbocycles. The van der Waals surface area contributed by atoms with Gasteiger partial charge < -0.3 is 0 Å². The Morgan fingerprint density at radius 1 is 1.16 bits per heavy atom. The van der Waals surface area contributed by atoms with E-state index in [2.05, 4.69) is 26.5 Å². The third-order valence-electron chi connectivity index (χ3n) is 6.06. The number of fused-ring (bicyclic) bond motifs is 3. The molecule has 188 valence electrons. The first-order valence-corrected chi connectivity index (χ1v) is 14.6. The fourth-order valence-electron chi connectivity index (χ4n) is 4.28. The average Bonchev–Trinajstić information content (AvgIpc) is 3.27. The minimum absolute atomic E-state index is 0.0656. The summed E-state index contributed by atoms with van der Waals surface area (Å²) in [6.45, 7) is 2.01. The van der Waals surface area contributed by atoms with E-state index in [0.717, 1.165) is 62.8 Å². The molecule has 37 heavy (non-hydrogen) atoms. The van der Waals surface area contributed by atoms with Crippen LogP contribution < -0.4 is 11.0 Å². The summed E-state index contributed by atoms with van der Waals surface area (Å²) in [5, 5.41) is 5.28. The molecule has 1 amide bonds. The van der Waals surface area contributed by atoms with E-state index >= 15 is 0 Å². The maximum absolute atomic E-state index is 13.8. The fraction of sp³-hybridized carbons (Fsp3) is 0.214. The largest absolute Gasteiger partial charge is 0.272 e. The summed E-state index contributed by atoms with van der Waals surface area (Å²) in [5.74, 6) is -0.205. The molecule has 1 aliphatic carbocycles. The number of nitrogens with zero attached hydrogens (tertiary/aromatic N) is 3. The van der Waals surface area contributed by atoms with Crippen molar-refractivity contribution < 1.29 is 4.79 Å². The monoisotopic (exact) mass is 592 g/mol. The first-order valence-electron chi connectivity index (χ1n) is 12.0. The van der Waals surface area contributed by atoms with Crippen LogP contribution in [0.1, 0.15) is 34.4 Å². The normalized spacial score (nSPS) is 13.7. The summed E-state index contributed by atoms with van der Waals surface area (Å²) in [7, 11) is 0. The zero-order valence-corrected chi connectivity index (χ0v) is 23.5. The average molecular weight is 594 g/mol. The summed E-state index contributed by atoms with van der Waals surface area (Å²) in [5.41, 5.74) is 6.52. The zero-order chi connectivity index (χ0) is 25.8. The van der Waals surface area contributed by atoms with Gasteiger partial charge >= 0.3 is 0 Å². The standard InChI is InChI=1S/C28H25BrN4O2S2/c1-18-11-13-21(14-12-18)33-27(35)25-22-9-5-6-10-23(22)37-26(25)31-28(33)36-17-24(34)32-30-16-20(29)15-19-7-3-2-4-8-19/h2-4,7-8,11-16H,5-6,9-10,17H2,1H3,(H,32,34)/b20-15-,30-16+. The number of thioether (sulfide) groups is 1. The molecule has 6 nitrogen and oxygen atoms in total. The van der Waals surface area contributed by atoms with Gasteiger partial charge in [-0.05, 0) is 77.9 Å². The lowest BCUT2D eigenvalue weighted by Gasteiger charge is -2.13. The molecule has 0 radical (unpaired) electrons. The zero-order valence-electron chi connectivity index (χ0n) is 20.2. The van der Waals surface area contributed by atoms with Crippen molar-refractivity contribution in [1.29, 1.82) is 0 Å². The van der Waals surface area contributed by atoms with Gasteiger partial charge in [-0.1, -0.05) is 59.8 Å². The van der Waals surface area contributed by atoms with Gasteiger partial charge in [-0.25, -0.2) is 10.4 Å². The lowest BCUT2D eigenvalue weighted by molar-refractivity contribution is -0.118. The van der Waals surface area contributed by atoms with Gasteiger partial charge in [-0.3, -0.25) is 14.2 Å². The molecule has 2 heterocycles. The molecule has 0 spiro atoms. The minimum Gasteiger partial charge on any atom is -0.272 e. The van der Waals surface area contributed by atoms with Crippen molar-refractivity contribution in [3.63, 3.8) is 0 Å². The Bertz CT molecular complexity index is 1560.